The van der Waals surface area contributed by atoms with Crippen molar-refractivity contribution in [3.63, 3.8) is 0 Å². The number of hydrogen-bond donors (Lipinski definition) is 3. The van der Waals surface area contributed by atoms with E-state index in [1.54, 1.807) is 31.1 Å². The van der Waals surface area contributed by atoms with Crippen molar-refractivity contribution in [1.29, 1.82) is 0 Å². The molecule has 36 heavy (non-hydrogen) atoms. The van der Waals surface area contributed by atoms with Gasteiger partial charge in [-0.15, -0.1) is 0 Å². The van der Waals surface area contributed by atoms with E-state index >= 15 is 0 Å². The van der Waals surface area contributed by atoms with Crippen LogP contribution in [0.1, 0.15) is 15.9 Å². The molecule has 0 aliphatic carbocycles. The second-order valence-electron chi connectivity index (χ2n) is 8.91. The van der Waals surface area contributed by atoms with Crippen LogP contribution in [0.25, 0.3) is 5.57 Å². The van der Waals surface area contributed by atoms with Crippen LogP contribution >= 0.6 is 11.8 Å². The lowest BCUT2D eigenvalue weighted by Crippen LogP contribution is -2.44. The van der Waals surface area contributed by atoms with Gasteiger partial charge in [0.05, 0.1) is 11.3 Å². The highest BCUT2D eigenvalue weighted by Gasteiger charge is 2.24. The molecular weight excluding hydrogens is 470 g/mol. The predicted molar refractivity (Wildman–Crippen MR) is 147 cm³/mol. The summed E-state index contributed by atoms with van der Waals surface area (Å²) in [6, 6.07) is 21.7. The molecule has 7 nitrogen and oxygen atoms in total. The summed E-state index contributed by atoms with van der Waals surface area (Å²) >= 11 is 1.55. The van der Waals surface area contributed by atoms with Crippen molar-refractivity contribution < 1.29 is 9.59 Å². The summed E-state index contributed by atoms with van der Waals surface area (Å²) in [5.41, 5.74) is 5.02. The Balaban J connectivity index is 1.27. The van der Waals surface area contributed by atoms with E-state index in [1.807, 2.05) is 48.5 Å². The minimum absolute atomic E-state index is 0.116. The Bertz CT molecular complexity index is 1310. The first kappa shape index (κ1) is 24.0. The van der Waals surface area contributed by atoms with Crippen LogP contribution in [0.15, 0.2) is 82.7 Å². The van der Waals surface area contributed by atoms with E-state index in [-0.39, 0.29) is 11.8 Å². The Morgan fingerprint density at radius 1 is 0.972 bits per heavy atom. The molecule has 2 amide bonds. The molecule has 3 aromatic rings. The summed E-state index contributed by atoms with van der Waals surface area (Å²) in [4.78, 5) is 31.3. The fraction of sp³-hybridized carbons (Fsp3) is 0.214. The number of fused-ring (bicyclic) bond motifs is 1. The van der Waals surface area contributed by atoms with Crippen molar-refractivity contribution in [2.45, 2.75) is 9.79 Å². The van der Waals surface area contributed by atoms with Gasteiger partial charge in [-0.05, 0) is 61.6 Å². The van der Waals surface area contributed by atoms with E-state index in [0.29, 0.717) is 11.1 Å². The monoisotopic (exact) mass is 499 g/mol. The molecule has 5 rings (SSSR count). The minimum Gasteiger partial charge on any atom is -0.369 e. The van der Waals surface area contributed by atoms with Gasteiger partial charge in [0.15, 0.2) is 0 Å². The molecule has 2 heterocycles. The Labute approximate surface area is 215 Å². The normalized spacial score (nSPS) is 16.6. The summed E-state index contributed by atoms with van der Waals surface area (Å²) in [6.07, 6.45) is 1.77. The van der Waals surface area contributed by atoms with Crippen LogP contribution < -0.4 is 20.9 Å². The number of piperazine rings is 1. The van der Waals surface area contributed by atoms with E-state index in [1.165, 1.54) is 5.69 Å². The Kier molecular flexibility index (Phi) is 6.97. The SMILES string of the molecule is CNC(=O)c1cccc(Sc2ccc3c(c2)NC(=O)C3=CNc2ccc(N3CCN(C)CC3)cc2)c1. The third kappa shape index (κ3) is 5.24. The summed E-state index contributed by atoms with van der Waals surface area (Å²) in [5, 5.41) is 8.90. The van der Waals surface area contributed by atoms with Gasteiger partial charge in [-0.25, -0.2) is 0 Å². The number of amides is 2. The highest BCUT2D eigenvalue weighted by Crippen LogP contribution is 2.37. The molecule has 0 saturated carbocycles. The maximum atomic E-state index is 12.7. The largest absolute Gasteiger partial charge is 0.369 e. The molecule has 3 N–H and O–H groups in total. The molecule has 0 bridgehead atoms. The number of carbonyl (C=O) groups is 2. The number of benzene rings is 3. The molecule has 0 aromatic heterocycles. The minimum atomic E-state index is -0.129. The number of rotatable bonds is 6. The zero-order chi connectivity index (χ0) is 25.1. The summed E-state index contributed by atoms with van der Waals surface area (Å²) in [6.45, 7) is 4.21. The molecule has 1 fully saturated rings. The van der Waals surface area contributed by atoms with Crippen LogP contribution in [0.3, 0.4) is 0 Å². The van der Waals surface area contributed by atoms with Crippen LogP contribution in [0.5, 0.6) is 0 Å². The van der Waals surface area contributed by atoms with Gasteiger partial charge in [0.1, 0.15) is 0 Å². The van der Waals surface area contributed by atoms with Crippen molar-refractivity contribution in [3.8, 4) is 0 Å². The Morgan fingerprint density at radius 3 is 2.47 bits per heavy atom. The summed E-state index contributed by atoms with van der Waals surface area (Å²) in [7, 11) is 3.77. The van der Waals surface area contributed by atoms with Crippen molar-refractivity contribution in [3.05, 3.63) is 84.1 Å². The first-order chi connectivity index (χ1) is 17.5. The third-order valence-electron chi connectivity index (χ3n) is 6.45. The lowest BCUT2D eigenvalue weighted by Gasteiger charge is -2.34. The molecule has 0 atom stereocenters. The van der Waals surface area contributed by atoms with Gasteiger partial charge in [0, 0.05) is 71.7 Å². The van der Waals surface area contributed by atoms with Gasteiger partial charge in [-0.2, -0.15) is 0 Å². The maximum absolute atomic E-state index is 12.7. The molecule has 1 saturated heterocycles. The van der Waals surface area contributed by atoms with E-state index < -0.39 is 0 Å². The molecule has 0 spiro atoms. The molecule has 2 aliphatic rings. The zero-order valence-electron chi connectivity index (χ0n) is 20.4. The first-order valence-electron chi connectivity index (χ1n) is 12.0. The van der Waals surface area contributed by atoms with Crippen LogP contribution in [-0.4, -0.2) is 57.0 Å². The zero-order valence-corrected chi connectivity index (χ0v) is 21.2. The van der Waals surface area contributed by atoms with Gasteiger partial charge >= 0.3 is 0 Å². The predicted octanol–water partition coefficient (Wildman–Crippen LogP) is 4.35. The van der Waals surface area contributed by atoms with Crippen molar-refractivity contribution in [2.75, 3.05) is 55.8 Å². The average molecular weight is 500 g/mol. The number of hydrogen-bond acceptors (Lipinski definition) is 6. The van der Waals surface area contributed by atoms with Gasteiger partial charge in [-0.3, -0.25) is 9.59 Å². The average Bonchev–Trinajstić information content (AvgIpc) is 3.22. The highest BCUT2D eigenvalue weighted by molar-refractivity contribution is 7.99. The first-order valence-corrected chi connectivity index (χ1v) is 12.8. The number of anilines is 3. The highest BCUT2D eigenvalue weighted by atomic mass is 32.2. The molecular formula is C28H29N5O2S. The number of likely N-dealkylation sites (N-methyl/N-ethyl adjacent to an activating group) is 1. The van der Waals surface area contributed by atoms with Crippen LogP contribution in [0.2, 0.25) is 0 Å². The lowest BCUT2D eigenvalue weighted by molar-refractivity contribution is -0.110. The standard InChI is InChI=1S/C28H29N5O2S/c1-29-27(34)19-4-3-5-22(16-19)36-23-10-11-24-25(28(35)31-26(24)17-23)18-30-20-6-8-21(9-7-20)33-14-12-32(2)13-15-33/h3-11,16-18,30H,12-15H2,1-2H3,(H,29,34)(H,31,35). The summed E-state index contributed by atoms with van der Waals surface area (Å²) in [5.74, 6) is -0.245. The maximum Gasteiger partial charge on any atom is 0.257 e. The van der Waals surface area contributed by atoms with Crippen LogP contribution in [0.4, 0.5) is 17.1 Å². The third-order valence-corrected chi connectivity index (χ3v) is 7.43. The van der Waals surface area contributed by atoms with Gasteiger partial charge < -0.3 is 25.8 Å². The van der Waals surface area contributed by atoms with Crippen molar-refractivity contribution >= 4 is 46.2 Å². The number of carbonyl (C=O) groups excluding carboxylic acids is 2. The van der Waals surface area contributed by atoms with Crippen LogP contribution in [0, 0.1) is 0 Å². The quantitative estimate of drug-likeness (QED) is 0.438. The van der Waals surface area contributed by atoms with Gasteiger partial charge in [0.25, 0.3) is 11.8 Å². The van der Waals surface area contributed by atoms with Gasteiger partial charge in [-0.1, -0.05) is 23.9 Å². The second kappa shape index (κ2) is 10.5. The van der Waals surface area contributed by atoms with Crippen molar-refractivity contribution in [1.82, 2.24) is 10.2 Å². The lowest BCUT2D eigenvalue weighted by atomic mass is 10.1. The molecule has 2 aliphatic heterocycles. The fourth-order valence-corrected chi connectivity index (χ4v) is 5.27. The molecule has 3 aromatic carbocycles. The van der Waals surface area contributed by atoms with Crippen LogP contribution in [-0.2, 0) is 4.79 Å². The molecule has 184 valence electrons. The Hall–Kier alpha value is -3.75. The Morgan fingerprint density at radius 2 is 1.72 bits per heavy atom. The smallest absolute Gasteiger partial charge is 0.257 e. The number of nitrogens with one attached hydrogen (secondary N) is 3. The van der Waals surface area contributed by atoms with E-state index in [9.17, 15) is 9.59 Å². The molecule has 0 radical (unpaired) electrons. The molecule has 0 unspecified atom stereocenters. The molecule has 8 heteroatoms. The number of nitrogens with zero attached hydrogens (tertiary/aromatic N) is 2. The van der Waals surface area contributed by atoms with E-state index in [2.05, 4.69) is 44.9 Å². The summed E-state index contributed by atoms with van der Waals surface area (Å²) < 4.78 is 0. The van der Waals surface area contributed by atoms with E-state index in [0.717, 1.165) is 52.9 Å². The van der Waals surface area contributed by atoms with E-state index in [4.69, 9.17) is 0 Å². The fourth-order valence-electron chi connectivity index (χ4n) is 4.35. The van der Waals surface area contributed by atoms with Gasteiger partial charge in [0.2, 0.25) is 0 Å². The van der Waals surface area contributed by atoms with Crippen molar-refractivity contribution in [2.24, 2.45) is 0 Å². The second-order valence-corrected chi connectivity index (χ2v) is 10.1. The topological polar surface area (TPSA) is 76.7 Å².